The summed E-state index contributed by atoms with van der Waals surface area (Å²) in [6.07, 6.45) is -2.29. The summed E-state index contributed by atoms with van der Waals surface area (Å²) in [6, 6.07) is 0. The van der Waals surface area contributed by atoms with E-state index in [1.807, 2.05) is 0 Å². The highest BCUT2D eigenvalue weighted by atomic mass is 19.3. The number of nitrogens with zero attached hydrogens (tertiary/aromatic N) is 3. The third kappa shape index (κ3) is 1.86. The number of carboxylic acid groups (broad SMARTS) is 1. The number of aromatic carboxylic acids is 1. The van der Waals surface area contributed by atoms with Gasteiger partial charge in [-0.1, -0.05) is 12.1 Å². The molecule has 0 spiro atoms. The number of alkyl halides is 2. The lowest BCUT2D eigenvalue weighted by Gasteiger charge is -2.03. The molecule has 0 unspecified atom stereocenters. The molecule has 0 amide bonds. The summed E-state index contributed by atoms with van der Waals surface area (Å²) in [5.74, 6) is -1.48. The first kappa shape index (κ1) is 10.6. The van der Waals surface area contributed by atoms with Gasteiger partial charge in [0.1, 0.15) is 5.69 Å². The predicted octanol–water partition coefficient (Wildman–Crippen LogP) is 1.32. The van der Waals surface area contributed by atoms with Crippen LogP contribution in [0.4, 0.5) is 8.78 Å². The second kappa shape index (κ2) is 4.12. The second-order valence-corrected chi connectivity index (χ2v) is 2.65. The molecule has 1 rings (SSSR count). The van der Waals surface area contributed by atoms with Crippen molar-refractivity contribution in [3.63, 3.8) is 0 Å². The summed E-state index contributed by atoms with van der Waals surface area (Å²) >= 11 is 0. The van der Waals surface area contributed by atoms with Crippen molar-refractivity contribution in [1.29, 1.82) is 0 Å². The Balaban J connectivity index is 3.13. The molecule has 0 bridgehead atoms. The molecular formula is C7H9F2N3O2. The first-order valence-corrected chi connectivity index (χ1v) is 4.02. The minimum Gasteiger partial charge on any atom is -0.476 e. The van der Waals surface area contributed by atoms with Crippen molar-refractivity contribution < 1.29 is 18.7 Å². The third-order valence-electron chi connectivity index (χ3n) is 1.62. The maximum absolute atomic E-state index is 12.4. The van der Waals surface area contributed by atoms with Crippen LogP contribution in [0.2, 0.25) is 0 Å². The van der Waals surface area contributed by atoms with Crippen LogP contribution in [0.25, 0.3) is 0 Å². The predicted molar refractivity (Wildman–Crippen MR) is 42.2 cm³/mol. The van der Waals surface area contributed by atoms with Crippen molar-refractivity contribution in [2.45, 2.75) is 26.3 Å². The first-order chi connectivity index (χ1) is 6.57. The van der Waals surface area contributed by atoms with E-state index in [-0.39, 0.29) is 6.54 Å². The molecule has 0 fully saturated rings. The van der Waals surface area contributed by atoms with Crippen molar-refractivity contribution in [2.24, 2.45) is 0 Å². The van der Waals surface area contributed by atoms with Crippen molar-refractivity contribution in [1.82, 2.24) is 15.0 Å². The molecule has 0 saturated carbocycles. The highest BCUT2D eigenvalue weighted by Crippen LogP contribution is 2.21. The van der Waals surface area contributed by atoms with Crippen LogP contribution >= 0.6 is 0 Å². The maximum atomic E-state index is 12.4. The molecule has 1 heterocycles. The zero-order valence-corrected chi connectivity index (χ0v) is 7.44. The smallest absolute Gasteiger partial charge is 0.358 e. The fraction of sp³-hybridized carbons (Fsp3) is 0.571. The molecule has 7 heteroatoms. The van der Waals surface area contributed by atoms with E-state index < -0.39 is 23.8 Å². The van der Waals surface area contributed by atoms with Crippen molar-refractivity contribution in [3.8, 4) is 0 Å². The van der Waals surface area contributed by atoms with Crippen molar-refractivity contribution in [2.75, 3.05) is 0 Å². The standard InChI is InChI=1S/C7H9F2N3O2/c1-2-3-12-5(6(8)9)4(7(13)14)10-11-12/h6H,2-3H2,1H3,(H,13,14). The molecule has 0 aliphatic carbocycles. The van der Waals surface area contributed by atoms with Crippen LogP contribution in [-0.2, 0) is 6.54 Å². The maximum Gasteiger partial charge on any atom is 0.358 e. The van der Waals surface area contributed by atoms with Gasteiger partial charge in [-0.2, -0.15) is 0 Å². The largest absolute Gasteiger partial charge is 0.476 e. The summed E-state index contributed by atoms with van der Waals surface area (Å²) in [5.41, 5.74) is -1.30. The number of carbonyl (C=O) groups is 1. The van der Waals surface area contributed by atoms with Gasteiger partial charge in [-0.25, -0.2) is 18.3 Å². The lowest BCUT2D eigenvalue weighted by atomic mass is 10.3. The molecule has 1 N–H and O–H groups in total. The van der Waals surface area contributed by atoms with E-state index in [1.54, 1.807) is 6.92 Å². The van der Waals surface area contributed by atoms with E-state index in [9.17, 15) is 13.6 Å². The average molecular weight is 205 g/mol. The van der Waals surface area contributed by atoms with Gasteiger partial charge in [-0.3, -0.25) is 0 Å². The van der Waals surface area contributed by atoms with E-state index >= 15 is 0 Å². The van der Waals surface area contributed by atoms with Gasteiger partial charge in [0, 0.05) is 6.54 Å². The molecule has 0 radical (unpaired) electrons. The zero-order chi connectivity index (χ0) is 10.7. The van der Waals surface area contributed by atoms with Crippen LogP contribution in [0.1, 0.15) is 36.0 Å². The molecule has 5 nitrogen and oxygen atoms in total. The Labute approximate surface area is 78.3 Å². The summed E-state index contributed by atoms with van der Waals surface area (Å²) in [4.78, 5) is 10.5. The van der Waals surface area contributed by atoms with Gasteiger partial charge in [0.05, 0.1) is 0 Å². The molecule has 0 saturated heterocycles. The Kier molecular flexibility index (Phi) is 3.10. The van der Waals surface area contributed by atoms with Crippen LogP contribution in [0, 0.1) is 0 Å². The monoisotopic (exact) mass is 205 g/mol. The van der Waals surface area contributed by atoms with E-state index in [2.05, 4.69) is 10.3 Å². The number of halogens is 2. The second-order valence-electron chi connectivity index (χ2n) is 2.65. The molecule has 78 valence electrons. The highest BCUT2D eigenvalue weighted by Gasteiger charge is 2.25. The Morgan fingerprint density at radius 3 is 2.71 bits per heavy atom. The van der Waals surface area contributed by atoms with Crippen molar-refractivity contribution in [3.05, 3.63) is 11.4 Å². The Morgan fingerprint density at radius 2 is 2.29 bits per heavy atom. The van der Waals surface area contributed by atoms with Crippen LogP contribution in [-0.4, -0.2) is 26.1 Å². The van der Waals surface area contributed by atoms with E-state index in [0.717, 1.165) is 4.68 Å². The quantitative estimate of drug-likeness (QED) is 0.804. The Morgan fingerprint density at radius 1 is 1.64 bits per heavy atom. The minimum atomic E-state index is -2.87. The van der Waals surface area contributed by atoms with Gasteiger partial charge < -0.3 is 5.11 Å². The number of aromatic nitrogens is 3. The number of hydrogen-bond acceptors (Lipinski definition) is 3. The van der Waals surface area contributed by atoms with Gasteiger partial charge >= 0.3 is 5.97 Å². The first-order valence-electron chi connectivity index (χ1n) is 4.02. The van der Waals surface area contributed by atoms with Gasteiger partial charge in [0.2, 0.25) is 0 Å². The summed E-state index contributed by atoms with van der Waals surface area (Å²) in [6.45, 7) is 2.01. The third-order valence-corrected chi connectivity index (χ3v) is 1.62. The molecule has 0 aliphatic rings. The van der Waals surface area contributed by atoms with Crippen LogP contribution in [0.15, 0.2) is 0 Å². The minimum absolute atomic E-state index is 0.236. The summed E-state index contributed by atoms with van der Waals surface area (Å²) < 4.78 is 25.8. The number of carboxylic acids is 1. The highest BCUT2D eigenvalue weighted by molar-refractivity contribution is 5.86. The molecule has 0 aromatic carbocycles. The van der Waals surface area contributed by atoms with E-state index in [4.69, 9.17) is 5.11 Å². The van der Waals surface area contributed by atoms with Gasteiger partial charge in [0.25, 0.3) is 6.43 Å². The molecule has 1 aromatic heterocycles. The van der Waals surface area contributed by atoms with Gasteiger partial charge in [-0.05, 0) is 6.42 Å². The normalized spacial score (nSPS) is 10.9. The Bertz CT molecular complexity index is 338. The van der Waals surface area contributed by atoms with E-state index in [0.29, 0.717) is 6.42 Å². The molecule has 0 aliphatic heterocycles. The van der Waals surface area contributed by atoms with Crippen molar-refractivity contribution >= 4 is 5.97 Å². The number of rotatable bonds is 4. The number of hydrogen-bond donors (Lipinski definition) is 1. The van der Waals surface area contributed by atoms with Crippen LogP contribution in [0.3, 0.4) is 0 Å². The zero-order valence-electron chi connectivity index (χ0n) is 7.44. The fourth-order valence-corrected chi connectivity index (χ4v) is 1.07. The average Bonchev–Trinajstić information content (AvgIpc) is 2.48. The lowest BCUT2D eigenvalue weighted by Crippen LogP contribution is -2.08. The van der Waals surface area contributed by atoms with Crippen LogP contribution in [0.5, 0.6) is 0 Å². The van der Waals surface area contributed by atoms with E-state index in [1.165, 1.54) is 0 Å². The summed E-state index contributed by atoms with van der Waals surface area (Å²) in [5, 5.41) is 15.1. The molecule has 0 atom stereocenters. The topological polar surface area (TPSA) is 68.0 Å². The van der Waals surface area contributed by atoms with Gasteiger partial charge in [-0.15, -0.1) is 5.10 Å². The van der Waals surface area contributed by atoms with Gasteiger partial charge in [0.15, 0.2) is 5.69 Å². The summed E-state index contributed by atoms with van der Waals surface area (Å²) in [7, 11) is 0. The fourth-order valence-electron chi connectivity index (χ4n) is 1.07. The Hall–Kier alpha value is -1.53. The van der Waals surface area contributed by atoms with Crippen LogP contribution < -0.4 is 0 Å². The molecule has 14 heavy (non-hydrogen) atoms. The molecule has 1 aromatic rings. The lowest BCUT2D eigenvalue weighted by molar-refractivity contribution is 0.0675. The molecular weight excluding hydrogens is 196 g/mol. The SMILES string of the molecule is CCCn1nnc(C(=O)O)c1C(F)F. The number of aryl methyl sites for hydroxylation is 1.